The Kier molecular flexibility index (Phi) is 20.0. The highest BCUT2D eigenvalue weighted by Gasteiger charge is 2.31. The van der Waals surface area contributed by atoms with Crippen LogP contribution in [0, 0.1) is 16.2 Å². The first-order valence-electron chi connectivity index (χ1n) is 14.9. The van der Waals surface area contributed by atoms with Gasteiger partial charge in [0.05, 0.1) is 56.9 Å². The summed E-state index contributed by atoms with van der Waals surface area (Å²) >= 11 is 0. The number of hydrogen-bond acceptors (Lipinski definition) is 12. The van der Waals surface area contributed by atoms with Gasteiger partial charge in [-0.25, -0.2) is 0 Å². The minimum absolute atomic E-state index is 0.0405. The number of piperidine rings is 1. The van der Waals surface area contributed by atoms with Crippen molar-refractivity contribution in [3.05, 3.63) is 59.3 Å². The van der Waals surface area contributed by atoms with Crippen molar-refractivity contribution in [1.82, 2.24) is 15.3 Å². The zero-order chi connectivity index (χ0) is 35.2. The van der Waals surface area contributed by atoms with E-state index in [0.717, 1.165) is 25.9 Å². The Morgan fingerprint density at radius 1 is 0.783 bits per heavy atom. The van der Waals surface area contributed by atoms with E-state index in [0.29, 0.717) is 12.4 Å². The standard InChI is InChI=1S/C11H21NO3.C11H15NO3.C6H12O3.C5H5NO/c2*1-11(2,10(13)14-3)8-15-9-4-6-12-7-5-9;1-6(2,4-7)5(8)9-3;7-5-1-3-6-4-2-5/h9,12H,4-8H2,1-3H3;4-7H,8H2,1-3H3;7H,4H2,1-3H3;1-4H,(H,6,7). The first-order valence-corrected chi connectivity index (χ1v) is 14.9. The van der Waals surface area contributed by atoms with Crippen molar-refractivity contribution in [2.75, 3.05) is 54.2 Å². The van der Waals surface area contributed by atoms with Crippen molar-refractivity contribution in [1.29, 1.82) is 0 Å². The fraction of sp³-hybridized carbons (Fsp3) is 0.606. The third-order valence-corrected chi connectivity index (χ3v) is 6.51. The van der Waals surface area contributed by atoms with Crippen LogP contribution in [-0.4, -0.2) is 93.3 Å². The van der Waals surface area contributed by atoms with Crippen molar-refractivity contribution in [2.24, 2.45) is 16.2 Å². The number of carbonyl (C=O) groups is 3. The average molecular weight is 652 g/mol. The van der Waals surface area contributed by atoms with Crippen molar-refractivity contribution in [3.8, 4) is 5.75 Å². The molecule has 0 aromatic carbocycles. The molecule has 0 atom stereocenters. The topological polar surface area (TPSA) is 175 Å². The number of ether oxygens (including phenoxy) is 5. The molecule has 3 N–H and O–H groups in total. The molecule has 0 unspecified atom stereocenters. The summed E-state index contributed by atoms with van der Waals surface area (Å²) in [5.41, 5.74) is -1.90. The molecule has 3 rings (SSSR count). The van der Waals surface area contributed by atoms with Crippen LogP contribution in [0.15, 0.2) is 53.8 Å². The van der Waals surface area contributed by atoms with E-state index in [1.165, 1.54) is 33.5 Å². The van der Waals surface area contributed by atoms with E-state index in [4.69, 9.17) is 19.3 Å². The van der Waals surface area contributed by atoms with Gasteiger partial charge in [0.15, 0.2) is 5.43 Å². The minimum Gasteiger partial charge on any atom is -0.492 e. The zero-order valence-corrected chi connectivity index (χ0v) is 28.7. The van der Waals surface area contributed by atoms with Gasteiger partial charge in [-0.05, 0) is 79.6 Å². The fourth-order valence-corrected chi connectivity index (χ4v) is 3.37. The van der Waals surface area contributed by atoms with Gasteiger partial charge < -0.3 is 39.1 Å². The van der Waals surface area contributed by atoms with Gasteiger partial charge in [0, 0.05) is 36.9 Å². The molecular weight excluding hydrogens is 598 g/mol. The van der Waals surface area contributed by atoms with Crippen LogP contribution in [0.3, 0.4) is 0 Å². The van der Waals surface area contributed by atoms with Crippen LogP contribution in [0.2, 0.25) is 0 Å². The summed E-state index contributed by atoms with van der Waals surface area (Å²) in [5, 5.41) is 11.9. The predicted octanol–water partition coefficient (Wildman–Crippen LogP) is 3.17. The van der Waals surface area contributed by atoms with Crippen LogP contribution < -0.4 is 15.5 Å². The number of esters is 3. The van der Waals surface area contributed by atoms with Gasteiger partial charge in [0.25, 0.3) is 0 Å². The van der Waals surface area contributed by atoms with E-state index in [2.05, 4.69) is 24.8 Å². The van der Waals surface area contributed by atoms with Gasteiger partial charge in [-0.3, -0.25) is 24.2 Å². The molecule has 1 aliphatic heterocycles. The van der Waals surface area contributed by atoms with E-state index in [-0.39, 0.29) is 42.7 Å². The summed E-state index contributed by atoms with van der Waals surface area (Å²) in [6.45, 7) is 13.0. The SMILES string of the molecule is COC(=O)C(C)(C)CO.COC(=O)C(C)(C)COC1CCNCC1.COC(=O)C(C)(C)COc1ccncc1.O=c1cc[nH]cc1. The monoisotopic (exact) mass is 651 g/mol. The first-order chi connectivity index (χ1) is 21.6. The summed E-state index contributed by atoms with van der Waals surface area (Å²) in [7, 11) is 4.09. The van der Waals surface area contributed by atoms with Crippen molar-refractivity contribution in [2.45, 2.75) is 60.5 Å². The van der Waals surface area contributed by atoms with Gasteiger partial charge in [0.2, 0.25) is 0 Å². The van der Waals surface area contributed by atoms with E-state index in [9.17, 15) is 19.2 Å². The number of aromatic nitrogens is 2. The molecule has 13 nitrogen and oxygen atoms in total. The molecule has 0 radical (unpaired) electrons. The maximum atomic E-state index is 11.4. The summed E-state index contributed by atoms with van der Waals surface area (Å²) in [6.07, 6.45) is 8.82. The highest BCUT2D eigenvalue weighted by atomic mass is 16.5. The zero-order valence-electron chi connectivity index (χ0n) is 28.7. The number of aromatic amines is 1. The Morgan fingerprint density at radius 3 is 1.63 bits per heavy atom. The predicted molar refractivity (Wildman–Crippen MR) is 173 cm³/mol. The van der Waals surface area contributed by atoms with Crippen molar-refractivity contribution < 1.29 is 43.2 Å². The molecule has 2 aromatic heterocycles. The number of H-pyrrole nitrogens is 1. The van der Waals surface area contributed by atoms with Crippen LogP contribution in [0.1, 0.15) is 54.4 Å². The molecule has 0 amide bonds. The smallest absolute Gasteiger partial charge is 0.314 e. The second-order valence-corrected chi connectivity index (χ2v) is 12.3. The summed E-state index contributed by atoms with van der Waals surface area (Å²) in [5.74, 6) is -0.181. The van der Waals surface area contributed by atoms with E-state index in [1.54, 1.807) is 64.6 Å². The Labute approximate surface area is 272 Å². The quantitative estimate of drug-likeness (QED) is 0.253. The van der Waals surface area contributed by atoms with E-state index in [1.807, 2.05) is 13.8 Å². The number of aliphatic hydroxyl groups excluding tert-OH is 1. The van der Waals surface area contributed by atoms with Crippen molar-refractivity contribution in [3.63, 3.8) is 0 Å². The summed E-state index contributed by atoms with van der Waals surface area (Å²) < 4.78 is 25.0. The van der Waals surface area contributed by atoms with Gasteiger partial charge in [-0.15, -0.1) is 0 Å². The molecule has 0 aliphatic carbocycles. The number of carbonyl (C=O) groups excluding carboxylic acids is 3. The number of pyridine rings is 2. The molecule has 0 saturated carbocycles. The van der Waals surface area contributed by atoms with Gasteiger partial charge in [-0.1, -0.05) is 0 Å². The van der Waals surface area contributed by atoms with Crippen LogP contribution in [0.25, 0.3) is 0 Å². The molecule has 46 heavy (non-hydrogen) atoms. The van der Waals surface area contributed by atoms with E-state index >= 15 is 0 Å². The molecule has 0 spiro atoms. The van der Waals surface area contributed by atoms with Crippen LogP contribution in [0.5, 0.6) is 5.75 Å². The number of methoxy groups -OCH3 is 3. The summed E-state index contributed by atoms with van der Waals surface area (Å²) in [6, 6.07) is 6.43. The number of hydrogen-bond donors (Lipinski definition) is 3. The van der Waals surface area contributed by atoms with Crippen LogP contribution >= 0.6 is 0 Å². The number of nitrogens with one attached hydrogen (secondary N) is 2. The van der Waals surface area contributed by atoms with Crippen LogP contribution in [-0.2, 0) is 33.3 Å². The number of nitrogens with zero attached hydrogens (tertiary/aromatic N) is 1. The Morgan fingerprint density at radius 2 is 1.24 bits per heavy atom. The molecule has 3 heterocycles. The lowest BCUT2D eigenvalue weighted by Gasteiger charge is -2.27. The maximum Gasteiger partial charge on any atom is 0.314 e. The average Bonchev–Trinajstić information content (AvgIpc) is 3.07. The highest BCUT2D eigenvalue weighted by molar-refractivity contribution is 5.76. The Balaban J connectivity index is 0.000000614. The number of rotatable bonds is 10. The largest absolute Gasteiger partial charge is 0.492 e. The lowest BCUT2D eigenvalue weighted by atomic mass is 9.95. The second kappa shape index (κ2) is 21.8. The fourth-order valence-electron chi connectivity index (χ4n) is 3.37. The molecule has 2 aromatic rings. The van der Waals surface area contributed by atoms with Crippen molar-refractivity contribution >= 4 is 17.9 Å². The third kappa shape index (κ3) is 17.6. The highest BCUT2D eigenvalue weighted by Crippen LogP contribution is 2.21. The van der Waals surface area contributed by atoms with Crippen LogP contribution in [0.4, 0.5) is 0 Å². The molecule has 260 valence electrons. The van der Waals surface area contributed by atoms with Gasteiger partial charge >= 0.3 is 17.9 Å². The van der Waals surface area contributed by atoms with E-state index < -0.39 is 16.2 Å². The summed E-state index contributed by atoms with van der Waals surface area (Å²) in [4.78, 5) is 50.3. The normalized spacial score (nSPS) is 13.2. The molecule has 1 fully saturated rings. The molecule has 1 aliphatic rings. The molecule has 1 saturated heterocycles. The minimum atomic E-state index is -0.755. The molecular formula is C33H53N3O10. The van der Waals surface area contributed by atoms with Gasteiger partial charge in [0.1, 0.15) is 12.4 Å². The Bertz CT molecular complexity index is 1180. The third-order valence-electron chi connectivity index (χ3n) is 6.51. The lowest BCUT2D eigenvalue weighted by molar-refractivity contribution is -0.156. The second-order valence-electron chi connectivity index (χ2n) is 12.3. The Hall–Kier alpha value is -3.81. The first kappa shape index (κ1) is 42.2. The van der Waals surface area contributed by atoms with Gasteiger partial charge in [-0.2, -0.15) is 0 Å². The molecule has 13 heteroatoms. The lowest BCUT2D eigenvalue weighted by Crippen LogP contribution is -2.37. The maximum absolute atomic E-state index is 11.4. The number of aliphatic hydroxyl groups is 1. The molecule has 0 bridgehead atoms.